The molecular formula is C24H25N3O2. The normalized spacial score (nSPS) is 11.5. The van der Waals surface area contributed by atoms with Gasteiger partial charge in [-0.2, -0.15) is 0 Å². The Morgan fingerprint density at radius 1 is 0.897 bits per heavy atom. The van der Waals surface area contributed by atoms with E-state index in [-0.39, 0.29) is 17.9 Å². The lowest BCUT2D eigenvalue weighted by Gasteiger charge is -2.14. The number of carbonyl (C=O) groups is 2. The number of rotatable bonds is 8. The Hall–Kier alpha value is -3.47. The van der Waals surface area contributed by atoms with E-state index in [1.807, 2.05) is 55.5 Å². The highest BCUT2D eigenvalue weighted by Gasteiger charge is 2.14. The first-order chi connectivity index (χ1) is 14.1. The van der Waals surface area contributed by atoms with E-state index < -0.39 is 0 Å². The Morgan fingerprint density at radius 2 is 1.52 bits per heavy atom. The fourth-order valence-corrected chi connectivity index (χ4v) is 3.03. The lowest BCUT2D eigenvalue weighted by atomic mass is 10.1. The number of nitrogens with one attached hydrogen (secondary N) is 2. The maximum atomic E-state index is 12.5. The Balaban J connectivity index is 1.52. The van der Waals surface area contributed by atoms with Crippen molar-refractivity contribution >= 4 is 11.8 Å². The van der Waals surface area contributed by atoms with Crippen LogP contribution in [0, 0.1) is 0 Å². The summed E-state index contributed by atoms with van der Waals surface area (Å²) in [6.07, 6.45) is 4.69. The second-order valence-electron chi connectivity index (χ2n) is 6.91. The Bertz CT molecular complexity index is 943. The van der Waals surface area contributed by atoms with Gasteiger partial charge in [-0.1, -0.05) is 60.7 Å². The summed E-state index contributed by atoms with van der Waals surface area (Å²) in [7, 11) is 0. The van der Waals surface area contributed by atoms with Crippen molar-refractivity contribution in [2.75, 3.05) is 6.54 Å². The quantitative estimate of drug-likeness (QED) is 0.575. The summed E-state index contributed by atoms with van der Waals surface area (Å²) >= 11 is 0. The summed E-state index contributed by atoms with van der Waals surface area (Å²) in [5.74, 6) is -0.482. The minimum atomic E-state index is -0.257. The third kappa shape index (κ3) is 6.01. The molecule has 1 unspecified atom stereocenters. The summed E-state index contributed by atoms with van der Waals surface area (Å²) in [6.45, 7) is 2.49. The average molecular weight is 387 g/mol. The monoisotopic (exact) mass is 387 g/mol. The first kappa shape index (κ1) is 20.3. The third-order valence-corrected chi connectivity index (χ3v) is 4.68. The van der Waals surface area contributed by atoms with Gasteiger partial charge in [0.25, 0.3) is 11.8 Å². The lowest BCUT2D eigenvalue weighted by molar-refractivity contribution is 0.0939. The van der Waals surface area contributed by atoms with Crippen molar-refractivity contribution in [2.45, 2.75) is 25.8 Å². The summed E-state index contributed by atoms with van der Waals surface area (Å²) in [5, 5.41) is 5.83. The third-order valence-electron chi connectivity index (χ3n) is 4.68. The van der Waals surface area contributed by atoms with Crippen LogP contribution in [0.3, 0.4) is 0 Å². The van der Waals surface area contributed by atoms with Crippen molar-refractivity contribution in [2.24, 2.45) is 0 Å². The first-order valence-electron chi connectivity index (χ1n) is 9.76. The number of aromatic nitrogens is 1. The average Bonchev–Trinajstić information content (AvgIpc) is 2.78. The van der Waals surface area contributed by atoms with E-state index in [2.05, 4.69) is 27.8 Å². The van der Waals surface area contributed by atoms with Crippen LogP contribution in [0.15, 0.2) is 79.1 Å². The molecule has 2 N–H and O–H groups in total. The molecule has 0 fully saturated rings. The SMILES string of the molecule is CC(NC(=O)c1cncc(C(=O)NCCCc2ccccc2)c1)c1ccccc1. The van der Waals surface area contributed by atoms with Gasteiger partial charge in [-0.3, -0.25) is 14.6 Å². The maximum Gasteiger partial charge on any atom is 0.253 e. The molecule has 1 aromatic heterocycles. The predicted octanol–water partition coefficient (Wildman–Crippen LogP) is 3.94. The van der Waals surface area contributed by atoms with E-state index >= 15 is 0 Å². The van der Waals surface area contributed by atoms with Gasteiger partial charge < -0.3 is 10.6 Å². The Kier molecular flexibility index (Phi) is 7.11. The van der Waals surface area contributed by atoms with Crippen LogP contribution in [-0.4, -0.2) is 23.3 Å². The van der Waals surface area contributed by atoms with Gasteiger partial charge in [0.05, 0.1) is 17.2 Å². The molecule has 0 radical (unpaired) electrons. The summed E-state index contributed by atoms with van der Waals surface area (Å²) in [6, 6.07) is 21.3. The number of nitrogens with zero attached hydrogens (tertiary/aromatic N) is 1. The number of pyridine rings is 1. The van der Waals surface area contributed by atoms with Crippen molar-refractivity contribution in [3.63, 3.8) is 0 Å². The van der Waals surface area contributed by atoms with Crippen LogP contribution < -0.4 is 10.6 Å². The molecule has 1 heterocycles. The van der Waals surface area contributed by atoms with E-state index in [0.29, 0.717) is 17.7 Å². The fourth-order valence-electron chi connectivity index (χ4n) is 3.03. The molecule has 3 aromatic rings. The van der Waals surface area contributed by atoms with Gasteiger partial charge in [-0.25, -0.2) is 0 Å². The van der Waals surface area contributed by atoms with Crippen molar-refractivity contribution in [1.29, 1.82) is 0 Å². The molecule has 0 aliphatic rings. The molecule has 0 saturated heterocycles. The van der Waals surface area contributed by atoms with Crippen molar-refractivity contribution < 1.29 is 9.59 Å². The predicted molar refractivity (Wildman–Crippen MR) is 114 cm³/mol. The van der Waals surface area contributed by atoms with Crippen LogP contribution >= 0.6 is 0 Å². The lowest BCUT2D eigenvalue weighted by Crippen LogP contribution is -2.28. The fraction of sp³-hybridized carbons (Fsp3) is 0.208. The standard InChI is InChI=1S/C24H25N3O2/c1-18(20-12-6-3-7-13-20)27-24(29)22-15-21(16-25-17-22)23(28)26-14-8-11-19-9-4-2-5-10-19/h2-7,9-10,12-13,15-18H,8,11,14H2,1H3,(H,26,28)(H,27,29). The minimum absolute atomic E-state index is 0.140. The molecule has 2 aromatic carbocycles. The maximum absolute atomic E-state index is 12.5. The molecule has 0 bridgehead atoms. The topological polar surface area (TPSA) is 71.1 Å². The van der Waals surface area contributed by atoms with Gasteiger partial charge >= 0.3 is 0 Å². The van der Waals surface area contributed by atoms with Crippen LogP contribution in [-0.2, 0) is 6.42 Å². The second kappa shape index (κ2) is 10.2. The number of hydrogen-bond donors (Lipinski definition) is 2. The molecule has 0 saturated carbocycles. The van der Waals surface area contributed by atoms with E-state index in [0.717, 1.165) is 18.4 Å². The zero-order valence-corrected chi connectivity index (χ0v) is 16.5. The highest BCUT2D eigenvalue weighted by atomic mass is 16.2. The summed E-state index contributed by atoms with van der Waals surface area (Å²) in [4.78, 5) is 29.0. The van der Waals surface area contributed by atoms with E-state index in [9.17, 15) is 9.59 Å². The molecule has 0 aliphatic heterocycles. The van der Waals surface area contributed by atoms with E-state index in [1.54, 1.807) is 6.07 Å². The summed E-state index contributed by atoms with van der Waals surface area (Å²) < 4.78 is 0. The molecule has 3 rings (SSSR count). The smallest absolute Gasteiger partial charge is 0.253 e. The minimum Gasteiger partial charge on any atom is -0.352 e. The molecule has 148 valence electrons. The molecular weight excluding hydrogens is 362 g/mol. The molecule has 0 spiro atoms. The molecule has 29 heavy (non-hydrogen) atoms. The van der Waals surface area contributed by atoms with Crippen molar-refractivity contribution in [3.05, 3.63) is 101 Å². The van der Waals surface area contributed by atoms with Gasteiger partial charge in [0.2, 0.25) is 0 Å². The van der Waals surface area contributed by atoms with E-state index in [4.69, 9.17) is 0 Å². The molecule has 5 nitrogen and oxygen atoms in total. The Labute approximate surface area is 171 Å². The Morgan fingerprint density at radius 3 is 2.21 bits per heavy atom. The zero-order valence-electron chi connectivity index (χ0n) is 16.5. The molecule has 1 atom stereocenters. The number of benzene rings is 2. The number of hydrogen-bond acceptors (Lipinski definition) is 3. The van der Waals surface area contributed by atoms with Crippen LogP contribution in [0.25, 0.3) is 0 Å². The largest absolute Gasteiger partial charge is 0.352 e. The van der Waals surface area contributed by atoms with Gasteiger partial charge in [-0.05, 0) is 37.0 Å². The van der Waals surface area contributed by atoms with Crippen LogP contribution in [0.1, 0.15) is 51.2 Å². The van der Waals surface area contributed by atoms with Gasteiger partial charge in [-0.15, -0.1) is 0 Å². The highest BCUT2D eigenvalue weighted by molar-refractivity contribution is 5.99. The number of amides is 2. The highest BCUT2D eigenvalue weighted by Crippen LogP contribution is 2.12. The van der Waals surface area contributed by atoms with Crippen LogP contribution in [0.2, 0.25) is 0 Å². The number of carbonyl (C=O) groups excluding carboxylic acids is 2. The van der Waals surface area contributed by atoms with Crippen molar-refractivity contribution in [1.82, 2.24) is 15.6 Å². The molecule has 2 amide bonds. The van der Waals surface area contributed by atoms with Crippen LogP contribution in [0.4, 0.5) is 0 Å². The summed E-state index contributed by atoms with van der Waals surface area (Å²) in [5.41, 5.74) is 3.00. The molecule has 0 aliphatic carbocycles. The van der Waals surface area contributed by atoms with Gasteiger partial charge in [0, 0.05) is 18.9 Å². The number of aryl methyl sites for hydroxylation is 1. The van der Waals surface area contributed by atoms with Crippen molar-refractivity contribution in [3.8, 4) is 0 Å². The first-order valence-corrected chi connectivity index (χ1v) is 9.76. The van der Waals surface area contributed by atoms with Gasteiger partial charge in [0.15, 0.2) is 0 Å². The second-order valence-corrected chi connectivity index (χ2v) is 6.91. The zero-order chi connectivity index (χ0) is 20.5. The van der Waals surface area contributed by atoms with Gasteiger partial charge in [0.1, 0.15) is 0 Å². The molecule has 5 heteroatoms. The van der Waals surface area contributed by atoms with Crippen LogP contribution in [0.5, 0.6) is 0 Å². The van der Waals surface area contributed by atoms with E-state index in [1.165, 1.54) is 18.0 Å².